The molecule has 14 nitrogen and oxygen atoms in total. The Labute approximate surface area is 349 Å². The molecule has 0 radical (unpaired) electrons. The summed E-state index contributed by atoms with van der Waals surface area (Å²) in [6, 6.07) is 14.8. The number of amides is 1. The minimum atomic E-state index is -2.05. The van der Waals surface area contributed by atoms with Gasteiger partial charge >= 0.3 is 12.1 Å². The third kappa shape index (κ3) is 11.1. The van der Waals surface area contributed by atoms with Crippen LogP contribution in [0.15, 0.2) is 72.6 Å². The van der Waals surface area contributed by atoms with Crippen molar-refractivity contribution in [2.24, 2.45) is 0 Å². The number of hydrogen-bond acceptors (Lipinski definition) is 12. The molecule has 0 bridgehead atoms. The van der Waals surface area contributed by atoms with Crippen LogP contribution in [0.4, 0.5) is 19.3 Å². The minimum absolute atomic E-state index is 0. The van der Waals surface area contributed by atoms with Crippen molar-refractivity contribution in [2.75, 3.05) is 40.2 Å². The molecule has 19 heteroatoms. The maximum absolute atomic E-state index is 15.3. The van der Waals surface area contributed by atoms with Gasteiger partial charge in [-0.1, -0.05) is 19.1 Å². The number of ether oxygens (including phenoxy) is 4. The van der Waals surface area contributed by atoms with Crippen LogP contribution in [-0.4, -0.2) is 71.7 Å². The Balaban J connectivity index is 0.00000420. The number of hydrogen-bond donors (Lipinski definition) is 2. The number of methoxy groups -OCH3 is 2. The van der Waals surface area contributed by atoms with Crippen molar-refractivity contribution in [3.8, 4) is 28.8 Å². The highest BCUT2D eigenvalue weighted by atomic mass is 127. The summed E-state index contributed by atoms with van der Waals surface area (Å²) in [5.41, 5.74) is 0.146. The number of benzene rings is 3. The molecule has 0 aliphatic carbocycles. The van der Waals surface area contributed by atoms with Gasteiger partial charge in [-0.25, -0.2) is 23.1 Å². The smallest absolute Gasteiger partial charge is 0.414 e. The SMILES string of the molecule is COc1cc(COC(=O)CN(C)C)c(NC(=O)OC[n+]2cnn(C[C@](O)(c3cc(F)ccc3F)[C@@H](C)c3nc(-c4ccc(C#N)cc4)cs3)c2)cc1OC.Cl.[I-]. The van der Waals surface area contributed by atoms with E-state index in [0.717, 1.165) is 23.8 Å². The second-order valence-electron chi connectivity index (χ2n) is 12.4. The Morgan fingerprint density at radius 3 is 2.45 bits per heavy atom. The first-order valence-electron chi connectivity index (χ1n) is 16.4. The van der Waals surface area contributed by atoms with Crippen LogP contribution in [0.1, 0.15) is 34.5 Å². The van der Waals surface area contributed by atoms with Gasteiger partial charge in [-0.15, -0.1) is 28.4 Å². The van der Waals surface area contributed by atoms with Gasteiger partial charge in [-0.3, -0.25) is 15.0 Å². The number of thiazole rings is 1. The van der Waals surface area contributed by atoms with E-state index >= 15 is 4.39 Å². The molecule has 5 aromatic rings. The second kappa shape index (κ2) is 20.3. The Morgan fingerprint density at radius 2 is 1.79 bits per heavy atom. The van der Waals surface area contributed by atoms with E-state index in [0.29, 0.717) is 33.3 Å². The molecule has 1 amide bonds. The lowest BCUT2D eigenvalue weighted by Crippen LogP contribution is -3.00. The zero-order chi connectivity index (χ0) is 39.0. The number of halogens is 4. The number of aliphatic hydroxyl groups is 1. The first-order chi connectivity index (χ1) is 25.8. The van der Waals surface area contributed by atoms with Crippen molar-refractivity contribution in [3.63, 3.8) is 0 Å². The zero-order valence-electron chi connectivity index (χ0n) is 30.9. The van der Waals surface area contributed by atoms with Crippen LogP contribution in [0.5, 0.6) is 11.5 Å². The predicted molar refractivity (Wildman–Crippen MR) is 199 cm³/mol. The summed E-state index contributed by atoms with van der Waals surface area (Å²) >= 11 is 1.24. The molecule has 0 saturated heterocycles. The molecule has 0 aliphatic heterocycles. The van der Waals surface area contributed by atoms with Crippen molar-refractivity contribution in [1.29, 1.82) is 5.26 Å². The molecular formula is C37H39ClF2IN7O7S. The lowest BCUT2D eigenvalue weighted by atomic mass is 9.82. The number of likely N-dealkylation sites (N-methyl/N-ethyl adjacent to an activating group) is 1. The predicted octanol–water partition coefficient (Wildman–Crippen LogP) is 2.39. The largest absolute Gasteiger partial charge is 1.00 e. The van der Waals surface area contributed by atoms with E-state index < -0.39 is 35.2 Å². The highest BCUT2D eigenvalue weighted by Crippen LogP contribution is 2.41. The quantitative estimate of drug-likeness (QED) is 0.0901. The molecule has 0 aliphatic rings. The van der Waals surface area contributed by atoms with Crippen molar-refractivity contribution >= 4 is 41.5 Å². The highest BCUT2D eigenvalue weighted by molar-refractivity contribution is 7.10. The van der Waals surface area contributed by atoms with Crippen LogP contribution in [0.3, 0.4) is 0 Å². The average Bonchev–Trinajstić information content (AvgIpc) is 3.83. The van der Waals surface area contributed by atoms with E-state index in [1.807, 2.05) is 0 Å². The molecule has 298 valence electrons. The second-order valence-corrected chi connectivity index (χ2v) is 13.3. The molecular weight excluding hydrogens is 887 g/mol. The van der Waals surface area contributed by atoms with Gasteiger partial charge in [0.05, 0.1) is 48.8 Å². The summed E-state index contributed by atoms with van der Waals surface area (Å²) in [7, 11) is 6.33. The van der Waals surface area contributed by atoms with Crippen LogP contribution in [0.2, 0.25) is 0 Å². The standard InChI is InChI=1S/C37H37F2N7O7S.ClH.HI/c1-23(35-42-31(18-54-35)25-8-6-24(15-40)7-9-25)37(49,28-13-27(38)10-11-29(28)39)19-46-21-45(20-41-46)22-53-36(48)43-30-14-33(51-5)32(50-4)12-26(30)17-52-34(47)16-44(2)3;;/h6-14,18,20-21,23,49H,16-17,19,22H2,1-5H3;2*1H/t23-,37+;;/m0../s1. The summed E-state index contributed by atoms with van der Waals surface area (Å²) in [6.45, 7) is 0.885. The number of nitrogens with zero attached hydrogens (tertiary/aromatic N) is 6. The first kappa shape index (κ1) is 45.4. The summed E-state index contributed by atoms with van der Waals surface area (Å²) in [5, 5.41) is 30.5. The van der Waals surface area contributed by atoms with Crippen LogP contribution < -0.4 is 43.3 Å². The fourth-order valence-electron chi connectivity index (χ4n) is 5.48. The van der Waals surface area contributed by atoms with E-state index in [2.05, 4.69) is 21.5 Å². The van der Waals surface area contributed by atoms with Gasteiger partial charge in [0.15, 0.2) is 11.5 Å². The number of anilines is 1. The van der Waals surface area contributed by atoms with Gasteiger partial charge in [0, 0.05) is 39.2 Å². The molecule has 2 atom stereocenters. The molecule has 56 heavy (non-hydrogen) atoms. The number of carbonyl (C=O) groups is 2. The van der Waals surface area contributed by atoms with Crippen molar-refractivity contribution in [1.82, 2.24) is 19.7 Å². The van der Waals surface area contributed by atoms with Gasteiger partial charge in [0.1, 0.15) is 30.4 Å². The van der Waals surface area contributed by atoms with Gasteiger partial charge in [-0.05, 0) is 50.5 Å². The molecule has 0 spiro atoms. The number of carbonyl (C=O) groups excluding carboxylic acids is 2. The summed E-state index contributed by atoms with van der Waals surface area (Å²) in [6.07, 6.45) is 1.90. The number of esters is 1. The van der Waals surface area contributed by atoms with Gasteiger partial charge in [-0.2, -0.15) is 5.26 Å². The van der Waals surface area contributed by atoms with Gasteiger partial charge < -0.3 is 48.0 Å². The van der Waals surface area contributed by atoms with Crippen LogP contribution >= 0.6 is 23.7 Å². The lowest BCUT2D eigenvalue weighted by molar-refractivity contribution is -0.727. The van der Waals surface area contributed by atoms with Crippen LogP contribution in [0.25, 0.3) is 11.3 Å². The van der Waals surface area contributed by atoms with E-state index in [9.17, 15) is 19.1 Å². The van der Waals surface area contributed by atoms with Gasteiger partial charge in [0.25, 0.3) is 6.33 Å². The summed E-state index contributed by atoms with van der Waals surface area (Å²) < 4.78 is 54.0. The molecule has 0 saturated carbocycles. The lowest BCUT2D eigenvalue weighted by Gasteiger charge is -2.32. The minimum Gasteiger partial charge on any atom is -1.00 e. The molecule has 0 unspecified atom stereocenters. The summed E-state index contributed by atoms with van der Waals surface area (Å²) in [5.74, 6) is -2.23. The van der Waals surface area contributed by atoms with Crippen molar-refractivity contribution < 1.29 is 71.0 Å². The van der Waals surface area contributed by atoms with E-state index in [1.54, 1.807) is 61.6 Å². The van der Waals surface area contributed by atoms with Crippen LogP contribution in [-0.2, 0) is 39.8 Å². The Kier molecular flexibility index (Phi) is 16.5. The molecule has 5 rings (SSSR count). The first-order valence-corrected chi connectivity index (χ1v) is 17.3. The highest BCUT2D eigenvalue weighted by Gasteiger charge is 2.43. The Bertz CT molecular complexity index is 2170. The normalized spacial score (nSPS) is 12.3. The molecule has 2 N–H and O–H groups in total. The fourth-order valence-corrected chi connectivity index (χ4v) is 6.45. The topological polar surface area (TPSA) is 165 Å². The maximum atomic E-state index is 15.3. The number of rotatable bonds is 15. The van der Waals surface area contributed by atoms with Crippen LogP contribution in [0, 0.1) is 23.0 Å². The number of nitrogens with one attached hydrogen (secondary N) is 1. The van der Waals surface area contributed by atoms with E-state index in [1.165, 1.54) is 53.5 Å². The molecule has 2 heterocycles. The number of aromatic nitrogens is 4. The van der Waals surface area contributed by atoms with Crippen molar-refractivity contribution in [3.05, 3.63) is 106 Å². The number of nitriles is 1. The Hall–Kier alpha value is -4.94. The van der Waals surface area contributed by atoms with E-state index in [-0.39, 0.29) is 74.1 Å². The summed E-state index contributed by atoms with van der Waals surface area (Å²) in [4.78, 5) is 31.5. The maximum Gasteiger partial charge on any atom is 0.414 e. The molecule has 0 fully saturated rings. The van der Waals surface area contributed by atoms with Gasteiger partial charge in [0.2, 0.25) is 13.1 Å². The molecule has 2 aromatic heterocycles. The average molecular weight is 926 g/mol. The monoisotopic (exact) mass is 925 g/mol. The Morgan fingerprint density at radius 1 is 1.09 bits per heavy atom. The molecule has 3 aromatic carbocycles. The van der Waals surface area contributed by atoms with Crippen molar-refractivity contribution in [2.45, 2.75) is 38.3 Å². The van der Waals surface area contributed by atoms with E-state index in [4.69, 9.17) is 24.2 Å². The zero-order valence-corrected chi connectivity index (χ0v) is 34.7. The fraction of sp³-hybridized carbons (Fsp3) is 0.297. The third-order valence-electron chi connectivity index (χ3n) is 8.37. The third-order valence-corrected chi connectivity index (χ3v) is 9.40.